The molecule has 1 saturated heterocycles. The van der Waals surface area contributed by atoms with Gasteiger partial charge in [0.05, 0.1) is 27.0 Å². The summed E-state index contributed by atoms with van der Waals surface area (Å²) in [6.07, 6.45) is -1.80. The summed E-state index contributed by atoms with van der Waals surface area (Å²) in [5, 5.41) is 11.6. The van der Waals surface area contributed by atoms with Gasteiger partial charge in [0.25, 0.3) is 12.3 Å². The van der Waals surface area contributed by atoms with Gasteiger partial charge in [0.1, 0.15) is 29.4 Å². The molecule has 3 heterocycles. The van der Waals surface area contributed by atoms with Crippen molar-refractivity contribution in [3.05, 3.63) is 74.6 Å². The van der Waals surface area contributed by atoms with E-state index >= 15 is 0 Å². The molecule has 3 aromatic rings. The first-order valence-electron chi connectivity index (χ1n) is 11.1. The van der Waals surface area contributed by atoms with Gasteiger partial charge in [-0.25, -0.2) is 23.1 Å². The molecule has 0 saturated carbocycles. The third-order valence-corrected chi connectivity index (χ3v) is 7.08. The lowest BCUT2D eigenvalue weighted by atomic mass is 10.0. The van der Waals surface area contributed by atoms with Crippen LogP contribution in [0, 0.1) is 17.1 Å². The molecule has 0 bridgehead atoms. The molecule has 4 rings (SSSR count). The molecule has 2 aromatic heterocycles. The van der Waals surface area contributed by atoms with Gasteiger partial charge in [-0.05, 0) is 31.0 Å². The number of ether oxygens (including phenoxy) is 1. The van der Waals surface area contributed by atoms with E-state index in [9.17, 15) is 18.0 Å². The van der Waals surface area contributed by atoms with Gasteiger partial charge in [-0.15, -0.1) is 11.3 Å². The van der Waals surface area contributed by atoms with Gasteiger partial charge in [0, 0.05) is 25.7 Å². The van der Waals surface area contributed by atoms with Crippen LogP contribution in [0.15, 0.2) is 41.9 Å². The van der Waals surface area contributed by atoms with E-state index < -0.39 is 24.2 Å². The number of hydrogen-bond acceptors (Lipinski definition) is 7. The molecule has 1 aromatic carbocycles. The Balaban J connectivity index is 1.47. The summed E-state index contributed by atoms with van der Waals surface area (Å²) in [6.45, 7) is 0.942. The number of likely N-dealkylation sites (tertiary alicyclic amines) is 1. The Labute approximate surface area is 214 Å². The van der Waals surface area contributed by atoms with Crippen molar-refractivity contribution in [3.8, 4) is 11.9 Å². The molecule has 0 aliphatic carbocycles. The molecule has 1 atom stereocenters. The van der Waals surface area contributed by atoms with E-state index in [0.717, 1.165) is 17.4 Å². The monoisotopic (exact) mass is 535 g/mol. The van der Waals surface area contributed by atoms with E-state index in [0.29, 0.717) is 36.7 Å². The van der Waals surface area contributed by atoms with E-state index in [1.165, 1.54) is 17.6 Å². The SMILES string of the molecule is N#Cc1cccc(OC2CCN(C(CNC(=O)c3c(F)cccc3Cl)c3scnc3C(F)F)CC2)n1. The lowest BCUT2D eigenvalue weighted by Gasteiger charge is -2.37. The van der Waals surface area contributed by atoms with Crippen molar-refractivity contribution >= 4 is 28.8 Å². The lowest BCUT2D eigenvalue weighted by Crippen LogP contribution is -2.44. The van der Waals surface area contributed by atoms with Gasteiger partial charge in [0.15, 0.2) is 0 Å². The second-order valence-electron chi connectivity index (χ2n) is 8.05. The first-order valence-corrected chi connectivity index (χ1v) is 12.3. The largest absolute Gasteiger partial charge is 0.474 e. The van der Waals surface area contributed by atoms with Gasteiger partial charge >= 0.3 is 0 Å². The zero-order valence-electron chi connectivity index (χ0n) is 18.8. The summed E-state index contributed by atoms with van der Waals surface area (Å²) >= 11 is 7.09. The minimum atomic E-state index is -2.77. The lowest BCUT2D eigenvalue weighted by molar-refractivity contribution is 0.0681. The van der Waals surface area contributed by atoms with Crippen LogP contribution in [-0.2, 0) is 0 Å². The number of hydrogen-bond donors (Lipinski definition) is 1. The fraction of sp³-hybridized carbons (Fsp3) is 0.333. The number of aromatic nitrogens is 2. The van der Waals surface area contributed by atoms with E-state index in [-0.39, 0.29) is 34.6 Å². The number of thiazole rings is 1. The number of amides is 1. The summed E-state index contributed by atoms with van der Waals surface area (Å²) in [5.74, 6) is -1.15. The second kappa shape index (κ2) is 11.7. The van der Waals surface area contributed by atoms with Crippen molar-refractivity contribution in [1.29, 1.82) is 5.26 Å². The van der Waals surface area contributed by atoms with Crippen molar-refractivity contribution in [3.63, 3.8) is 0 Å². The number of nitrogens with zero attached hydrogens (tertiary/aromatic N) is 4. The second-order valence-corrected chi connectivity index (χ2v) is 9.34. The average Bonchev–Trinajstić information content (AvgIpc) is 3.35. The average molecular weight is 536 g/mol. The predicted molar refractivity (Wildman–Crippen MR) is 128 cm³/mol. The van der Waals surface area contributed by atoms with E-state index in [4.69, 9.17) is 21.6 Å². The fourth-order valence-corrected chi connectivity index (χ4v) is 5.26. The van der Waals surface area contributed by atoms with Crippen molar-refractivity contribution in [2.75, 3.05) is 19.6 Å². The standard InChI is InChI=1S/C24H21ClF3N5O2S/c25-16-4-2-5-17(26)20(16)24(34)30-12-18(22-21(23(27)28)31-13-36-22)33-9-7-15(8-10-33)35-19-6-1-3-14(11-29)32-19/h1-6,13,15,18,23H,7-10,12H2,(H,30,34). The minimum absolute atomic E-state index is 0.0390. The van der Waals surface area contributed by atoms with Crippen LogP contribution in [0.4, 0.5) is 13.2 Å². The Bertz CT molecular complexity index is 1240. The highest BCUT2D eigenvalue weighted by atomic mass is 35.5. The zero-order chi connectivity index (χ0) is 25.7. The molecule has 1 aliphatic heterocycles. The van der Waals surface area contributed by atoms with Gasteiger partial charge in [-0.3, -0.25) is 9.69 Å². The number of benzene rings is 1. The van der Waals surface area contributed by atoms with Crippen LogP contribution in [0.3, 0.4) is 0 Å². The third-order valence-electron chi connectivity index (χ3n) is 5.82. The third kappa shape index (κ3) is 5.95. The molecular formula is C24H21ClF3N5O2S. The number of piperidine rings is 1. The molecule has 1 aliphatic rings. The number of nitrogens with one attached hydrogen (secondary N) is 1. The topological polar surface area (TPSA) is 91.1 Å². The van der Waals surface area contributed by atoms with Crippen LogP contribution < -0.4 is 10.1 Å². The molecule has 36 heavy (non-hydrogen) atoms. The maximum Gasteiger partial charge on any atom is 0.281 e. The van der Waals surface area contributed by atoms with Crippen LogP contribution in [0.1, 0.15) is 51.9 Å². The number of rotatable bonds is 8. The Morgan fingerprint density at radius 2 is 2.03 bits per heavy atom. The molecule has 0 radical (unpaired) electrons. The molecule has 1 unspecified atom stereocenters. The van der Waals surface area contributed by atoms with Gasteiger partial charge in [0.2, 0.25) is 5.88 Å². The Morgan fingerprint density at radius 1 is 1.28 bits per heavy atom. The Kier molecular flexibility index (Phi) is 8.40. The number of nitriles is 1. The minimum Gasteiger partial charge on any atom is -0.474 e. The number of halogens is 4. The highest BCUT2D eigenvalue weighted by molar-refractivity contribution is 7.09. The zero-order valence-corrected chi connectivity index (χ0v) is 20.4. The molecule has 12 heteroatoms. The normalized spacial score (nSPS) is 15.4. The molecule has 7 nitrogen and oxygen atoms in total. The van der Waals surface area contributed by atoms with Crippen molar-refractivity contribution in [2.24, 2.45) is 0 Å². The van der Waals surface area contributed by atoms with Gasteiger partial charge in [-0.1, -0.05) is 23.7 Å². The van der Waals surface area contributed by atoms with Crippen LogP contribution >= 0.6 is 22.9 Å². The molecule has 0 spiro atoms. The molecule has 1 N–H and O–H groups in total. The van der Waals surface area contributed by atoms with E-state index in [2.05, 4.69) is 15.3 Å². The first kappa shape index (κ1) is 25.9. The molecule has 188 valence electrons. The van der Waals surface area contributed by atoms with Crippen LogP contribution in [-0.4, -0.2) is 46.5 Å². The summed E-state index contributed by atoms with van der Waals surface area (Å²) in [5.41, 5.74) is 0.971. The predicted octanol–water partition coefficient (Wildman–Crippen LogP) is 5.15. The number of carbonyl (C=O) groups is 1. The van der Waals surface area contributed by atoms with E-state index in [1.54, 1.807) is 18.2 Å². The first-order chi connectivity index (χ1) is 17.4. The van der Waals surface area contributed by atoms with Gasteiger partial charge in [-0.2, -0.15) is 5.26 Å². The maximum absolute atomic E-state index is 14.2. The number of pyridine rings is 1. The Hall–Kier alpha value is -3.20. The van der Waals surface area contributed by atoms with Crippen LogP contribution in [0.5, 0.6) is 5.88 Å². The maximum atomic E-state index is 14.2. The highest BCUT2D eigenvalue weighted by Gasteiger charge is 2.32. The molecular weight excluding hydrogens is 515 g/mol. The van der Waals surface area contributed by atoms with Crippen molar-refractivity contribution < 1.29 is 22.7 Å². The number of alkyl halides is 2. The van der Waals surface area contributed by atoms with Crippen molar-refractivity contribution in [1.82, 2.24) is 20.2 Å². The smallest absolute Gasteiger partial charge is 0.281 e. The van der Waals surface area contributed by atoms with Crippen LogP contribution in [0.2, 0.25) is 5.02 Å². The van der Waals surface area contributed by atoms with Crippen molar-refractivity contribution in [2.45, 2.75) is 31.4 Å². The van der Waals surface area contributed by atoms with Crippen LogP contribution in [0.25, 0.3) is 0 Å². The molecule has 1 amide bonds. The number of carbonyl (C=O) groups excluding carboxylic acids is 1. The summed E-state index contributed by atoms with van der Waals surface area (Å²) in [4.78, 5) is 23.0. The summed E-state index contributed by atoms with van der Waals surface area (Å²) < 4.78 is 47.4. The fourth-order valence-electron chi connectivity index (χ4n) is 4.08. The van der Waals surface area contributed by atoms with E-state index in [1.807, 2.05) is 11.0 Å². The van der Waals surface area contributed by atoms with Gasteiger partial charge < -0.3 is 10.1 Å². The highest BCUT2D eigenvalue weighted by Crippen LogP contribution is 2.34. The Morgan fingerprint density at radius 3 is 2.72 bits per heavy atom. The quantitative estimate of drug-likeness (QED) is 0.429. The summed E-state index contributed by atoms with van der Waals surface area (Å²) in [7, 11) is 0. The molecule has 1 fully saturated rings. The summed E-state index contributed by atoms with van der Waals surface area (Å²) in [6, 6.07) is 10.2.